The Morgan fingerprint density at radius 2 is 2.12 bits per heavy atom. The molecule has 3 rings (SSSR count). The summed E-state index contributed by atoms with van der Waals surface area (Å²) >= 11 is 0. The fourth-order valence-electron chi connectivity index (χ4n) is 1.99. The van der Waals surface area contributed by atoms with Gasteiger partial charge in [0.25, 0.3) is 0 Å². The van der Waals surface area contributed by atoms with E-state index in [9.17, 15) is 5.11 Å². The van der Waals surface area contributed by atoms with E-state index in [1.54, 1.807) is 0 Å². The number of benzene rings is 1. The van der Waals surface area contributed by atoms with Gasteiger partial charge in [-0.3, -0.25) is 0 Å². The second-order valence-electron chi connectivity index (χ2n) is 4.17. The molecular weight excluding hydrogens is 218 g/mol. The van der Waals surface area contributed by atoms with Crippen molar-refractivity contribution in [2.75, 3.05) is 6.54 Å². The lowest BCUT2D eigenvalue weighted by atomic mass is 10.2. The molecule has 2 aromatic rings. The van der Waals surface area contributed by atoms with E-state index in [2.05, 4.69) is 15.5 Å². The molecule has 17 heavy (non-hydrogen) atoms. The van der Waals surface area contributed by atoms with Gasteiger partial charge in [-0.15, -0.1) is 0 Å². The van der Waals surface area contributed by atoms with Crippen LogP contribution in [0.2, 0.25) is 0 Å². The summed E-state index contributed by atoms with van der Waals surface area (Å²) < 4.78 is 5.22. The number of nitrogens with zero attached hydrogens (tertiary/aromatic N) is 2. The van der Waals surface area contributed by atoms with E-state index in [0.29, 0.717) is 24.7 Å². The van der Waals surface area contributed by atoms with Crippen molar-refractivity contribution < 1.29 is 9.63 Å². The zero-order valence-corrected chi connectivity index (χ0v) is 9.21. The monoisotopic (exact) mass is 231 g/mol. The molecule has 0 spiro atoms. The second-order valence-corrected chi connectivity index (χ2v) is 4.17. The van der Waals surface area contributed by atoms with Crippen molar-refractivity contribution in [1.82, 2.24) is 15.5 Å². The molecule has 0 bridgehead atoms. The van der Waals surface area contributed by atoms with Gasteiger partial charge < -0.3 is 14.9 Å². The third-order valence-electron chi connectivity index (χ3n) is 2.88. The van der Waals surface area contributed by atoms with Crippen LogP contribution in [0.4, 0.5) is 0 Å². The van der Waals surface area contributed by atoms with E-state index in [0.717, 1.165) is 5.56 Å². The first-order chi connectivity index (χ1) is 8.33. The molecule has 2 N–H and O–H groups in total. The van der Waals surface area contributed by atoms with Crippen LogP contribution in [0.3, 0.4) is 0 Å². The molecule has 2 heterocycles. The van der Waals surface area contributed by atoms with Crippen LogP contribution in [0.1, 0.15) is 18.4 Å². The topological polar surface area (TPSA) is 71.2 Å². The summed E-state index contributed by atoms with van der Waals surface area (Å²) in [4.78, 5) is 4.35. The van der Waals surface area contributed by atoms with Gasteiger partial charge in [0, 0.05) is 12.1 Å². The van der Waals surface area contributed by atoms with Crippen molar-refractivity contribution in [3.8, 4) is 11.4 Å². The summed E-state index contributed by atoms with van der Waals surface area (Å²) in [7, 11) is 0. The van der Waals surface area contributed by atoms with Crippen LogP contribution in [0.5, 0.6) is 0 Å². The highest BCUT2D eigenvalue weighted by molar-refractivity contribution is 5.53. The number of hydrogen-bond acceptors (Lipinski definition) is 5. The zero-order valence-electron chi connectivity index (χ0n) is 9.21. The molecule has 1 unspecified atom stereocenters. The number of aliphatic hydroxyl groups excluding tert-OH is 1. The van der Waals surface area contributed by atoms with Crippen molar-refractivity contribution >= 4 is 0 Å². The van der Waals surface area contributed by atoms with E-state index in [1.807, 2.05) is 30.3 Å². The van der Waals surface area contributed by atoms with Gasteiger partial charge in [0.1, 0.15) is 0 Å². The fourth-order valence-corrected chi connectivity index (χ4v) is 1.99. The molecule has 1 aliphatic rings. The molecule has 1 saturated heterocycles. The lowest BCUT2D eigenvalue weighted by Gasteiger charge is -2.01. The summed E-state index contributed by atoms with van der Waals surface area (Å²) in [5.41, 5.74) is 0.932. The van der Waals surface area contributed by atoms with Crippen molar-refractivity contribution in [3.63, 3.8) is 0 Å². The number of rotatable bonds is 2. The second kappa shape index (κ2) is 4.27. The van der Waals surface area contributed by atoms with Gasteiger partial charge >= 0.3 is 0 Å². The van der Waals surface area contributed by atoms with Gasteiger partial charge in [0.15, 0.2) is 0 Å². The molecule has 88 valence electrons. The Kier molecular flexibility index (Phi) is 2.62. The van der Waals surface area contributed by atoms with Crippen LogP contribution in [-0.2, 0) is 0 Å². The molecule has 1 aromatic carbocycles. The largest absolute Gasteiger partial charge is 0.392 e. The average Bonchev–Trinajstić information content (AvgIpc) is 2.98. The maximum atomic E-state index is 9.43. The van der Waals surface area contributed by atoms with E-state index >= 15 is 0 Å². The highest BCUT2D eigenvalue weighted by Gasteiger charge is 2.28. The summed E-state index contributed by atoms with van der Waals surface area (Å²) in [5.74, 6) is 1.13. The molecule has 0 saturated carbocycles. The van der Waals surface area contributed by atoms with Crippen molar-refractivity contribution in [2.45, 2.75) is 18.6 Å². The van der Waals surface area contributed by atoms with Gasteiger partial charge in [-0.05, 0) is 6.42 Å². The molecule has 1 aliphatic heterocycles. The van der Waals surface area contributed by atoms with Gasteiger partial charge in [-0.1, -0.05) is 35.5 Å². The highest BCUT2D eigenvalue weighted by atomic mass is 16.5. The predicted octanol–water partition coefficient (Wildman–Crippen LogP) is 1.13. The van der Waals surface area contributed by atoms with Gasteiger partial charge in [0.05, 0.1) is 12.1 Å². The van der Waals surface area contributed by atoms with Crippen molar-refractivity contribution in [2.24, 2.45) is 0 Å². The van der Waals surface area contributed by atoms with Crippen LogP contribution in [0.25, 0.3) is 11.4 Å². The van der Waals surface area contributed by atoms with Gasteiger partial charge in [0.2, 0.25) is 11.7 Å². The zero-order chi connectivity index (χ0) is 11.7. The summed E-state index contributed by atoms with van der Waals surface area (Å²) in [6.45, 7) is 0.577. The fraction of sp³-hybridized carbons (Fsp3) is 0.333. The Hall–Kier alpha value is -1.72. The molecule has 5 heteroatoms. The maximum absolute atomic E-state index is 9.43. The molecule has 1 aromatic heterocycles. The minimum absolute atomic E-state index is 0.0324. The van der Waals surface area contributed by atoms with Crippen LogP contribution in [0, 0.1) is 0 Å². The highest BCUT2D eigenvalue weighted by Crippen LogP contribution is 2.24. The normalized spacial score (nSPS) is 24.1. The predicted molar refractivity (Wildman–Crippen MR) is 61.1 cm³/mol. The number of β-amino-alcohol motifs (C(OH)–C–C–N with tert-alkyl or cyclic N) is 1. The number of nitrogens with one attached hydrogen (secondary N) is 1. The minimum atomic E-state index is -0.327. The molecule has 1 fully saturated rings. The Balaban J connectivity index is 1.84. The maximum Gasteiger partial charge on any atom is 0.244 e. The SMILES string of the molecule is OC1CN[C@H](c2nc(-c3ccccc3)no2)C1. The average molecular weight is 231 g/mol. The lowest BCUT2D eigenvalue weighted by molar-refractivity contribution is 0.191. The smallest absolute Gasteiger partial charge is 0.244 e. The number of aromatic nitrogens is 2. The molecule has 0 amide bonds. The van der Waals surface area contributed by atoms with Gasteiger partial charge in [-0.25, -0.2) is 0 Å². The van der Waals surface area contributed by atoms with Crippen LogP contribution < -0.4 is 5.32 Å². The van der Waals surface area contributed by atoms with E-state index in [4.69, 9.17) is 4.52 Å². The molecule has 0 radical (unpaired) electrons. The van der Waals surface area contributed by atoms with Gasteiger partial charge in [-0.2, -0.15) is 4.98 Å². The van der Waals surface area contributed by atoms with Crippen molar-refractivity contribution in [3.05, 3.63) is 36.2 Å². The lowest BCUT2D eigenvalue weighted by Crippen LogP contribution is -2.15. The van der Waals surface area contributed by atoms with Crippen LogP contribution in [0.15, 0.2) is 34.9 Å². The summed E-state index contributed by atoms with van der Waals surface area (Å²) in [6.07, 6.45) is 0.295. The summed E-state index contributed by atoms with van der Waals surface area (Å²) in [6, 6.07) is 9.65. The molecule has 2 atom stereocenters. The third kappa shape index (κ3) is 2.07. The number of aliphatic hydroxyl groups is 1. The van der Waals surface area contributed by atoms with E-state index < -0.39 is 0 Å². The Labute approximate surface area is 98.5 Å². The minimum Gasteiger partial charge on any atom is -0.392 e. The Morgan fingerprint density at radius 1 is 1.29 bits per heavy atom. The van der Waals surface area contributed by atoms with Crippen LogP contribution >= 0.6 is 0 Å². The molecular formula is C12H13N3O2. The quantitative estimate of drug-likeness (QED) is 0.810. The molecule has 0 aliphatic carbocycles. The first kappa shape index (κ1) is 10.4. The first-order valence-electron chi connectivity index (χ1n) is 5.63. The Morgan fingerprint density at radius 3 is 2.82 bits per heavy atom. The van der Waals surface area contributed by atoms with E-state index in [-0.39, 0.29) is 12.1 Å². The third-order valence-corrected chi connectivity index (χ3v) is 2.88. The standard InChI is InChI=1S/C12H13N3O2/c16-9-6-10(13-7-9)12-14-11(15-17-12)8-4-2-1-3-5-8/h1-5,9-10,13,16H,6-7H2/t9?,10-/m0/s1. The molecule has 5 nitrogen and oxygen atoms in total. The number of hydrogen-bond donors (Lipinski definition) is 2. The van der Waals surface area contributed by atoms with Crippen LogP contribution in [-0.4, -0.2) is 27.9 Å². The van der Waals surface area contributed by atoms with E-state index in [1.165, 1.54) is 0 Å². The summed E-state index contributed by atoms with van der Waals surface area (Å²) in [5, 5.41) is 16.5. The Bertz CT molecular complexity index is 497. The van der Waals surface area contributed by atoms with Crippen molar-refractivity contribution in [1.29, 1.82) is 0 Å². The first-order valence-corrected chi connectivity index (χ1v) is 5.63.